The first kappa shape index (κ1) is 13.4. The van der Waals surface area contributed by atoms with Crippen LogP contribution >= 0.6 is 27.3 Å². The van der Waals surface area contributed by atoms with Gasteiger partial charge in [0.2, 0.25) is 0 Å². The number of halogens is 4. The molecule has 1 aromatic heterocycles. The van der Waals surface area contributed by atoms with Gasteiger partial charge in [-0.05, 0) is 35.0 Å². The summed E-state index contributed by atoms with van der Waals surface area (Å²) >= 11 is 4.78. The SMILES string of the molecule is CC(Nc1c(F)cc(F)cc1F)c1ccc(Br)s1. The van der Waals surface area contributed by atoms with Crippen LogP contribution in [-0.4, -0.2) is 0 Å². The second kappa shape index (κ2) is 5.32. The van der Waals surface area contributed by atoms with Crippen molar-refractivity contribution >= 4 is 33.0 Å². The number of benzene rings is 1. The van der Waals surface area contributed by atoms with Gasteiger partial charge in [-0.15, -0.1) is 11.3 Å². The maximum atomic E-state index is 13.4. The van der Waals surface area contributed by atoms with E-state index in [0.717, 1.165) is 8.66 Å². The zero-order valence-electron chi connectivity index (χ0n) is 9.31. The van der Waals surface area contributed by atoms with Crippen LogP contribution in [0.4, 0.5) is 18.9 Å². The molecule has 0 amide bonds. The molecule has 1 unspecified atom stereocenters. The van der Waals surface area contributed by atoms with Gasteiger partial charge >= 0.3 is 0 Å². The maximum Gasteiger partial charge on any atom is 0.152 e. The standard InChI is InChI=1S/C12H9BrF3NS/c1-6(10-2-3-11(13)18-10)17-12-8(15)4-7(14)5-9(12)16/h2-6,17H,1H3. The predicted molar refractivity (Wildman–Crippen MR) is 70.4 cm³/mol. The highest BCUT2D eigenvalue weighted by Crippen LogP contribution is 2.31. The third-order valence-corrected chi connectivity index (χ3v) is 4.19. The molecular weight excluding hydrogens is 327 g/mol. The highest BCUT2D eigenvalue weighted by Gasteiger charge is 2.15. The molecule has 1 atom stereocenters. The van der Waals surface area contributed by atoms with Crippen molar-refractivity contribution in [3.05, 3.63) is 50.4 Å². The zero-order valence-corrected chi connectivity index (χ0v) is 11.7. The molecule has 0 fully saturated rings. The highest BCUT2D eigenvalue weighted by molar-refractivity contribution is 9.11. The fourth-order valence-electron chi connectivity index (χ4n) is 1.53. The van der Waals surface area contributed by atoms with E-state index < -0.39 is 17.5 Å². The molecule has 0 spiro atoms. The van der Waals surface area contributed by atoms with E-state index in [4.69, 9.17) is 0 Å². The second-order valence-corrected chi connectivity index (χ2v) is 6.25. The Morgan fingerprint density at radius 3 is 2.28 bits per heavy atom. The summed E-state index contributed by atoms with van der Waals surface area (Å²) in [4.78, 5) is 0.921. The van der Waals surface area contributed by atoms with E-state index >= 15 is 0 Å². The summed E-state index contributed by atoms with van der Waals surface area (Å²) in [5.74, 6) is -2.80. The third kappa shape index (κ3) is 2.87. The first-order valence-electron chi connectivity index (χ1n) is 5.13. The van der Waals surface area contributed by atoms with Gasteiger partial charge in [-0.2, -0.15) is 0 Å². The Morgan fingerprint density at radius 2 is 1.78 bits per heavy atom. The lowest BCUT2D eigenvalue weighted by molar-refractivity contribution is 0.545. The molecule has 1 heterocycles. The van der Waals surface area contributed by atoms with Crippen LogP contribution in [0.2, 0.25) is 0 Å². The molecule has 2 aromatic rings. The van der Waals surface area contributed by atoms with Crippen molar-refractivity contribution in [2.75, 3.05) is 5.32 Å². The minimum Gasteiger partial charge on any atom is -0.373 e. The summed E-state index contributed by atoms with van der Waals surface area (Å²) in [5, 5.41) is 2.71. The minimum atomic E-state index is -0.935. The van der Waals surface area contributed by atoms with Crippen molar-refractivity contribution in [1.29, 1.82) is 0 Å². The van der Waals surface area contributed by atoms with Gasteiger partial charge in [0.25, 0.3) is 0 Å². The van der Waals surface area contributed by atoms with E-state index in [9.17, 15) is 13.2 Å². The fourth-order valence-corrected chi connectivity index (χ4v) is 2.95. The lowest BCUT2D eigenvalue weighted by Crippen LogP contribution is -2.08. The Hall–Kier alpha value is -1.01. The van der Waals surface area contributed by atoms with Gasteiger partial charge in [-0.25, -0.2) is 13.2 Å². The molecule has 18 heavy (non-hydrogen) atoms. The summed E-state index contributed by atoms with van der Waals surface area (Å²) in [6, 6.07) is 4.75. The molecule has 1 N–H and O–H groups in total. The first-order chi connectivity index (χ1) is 8.47. The predicted octanol–water partition coefficient (Wildman–Crippen LogP) is 5.10. The molecule has 0 aliphatic carbocycles. The minimum absolute atomic E-state index is 0.268. The summed E-state index contributed by atoms with van der Waals surface area (Å²) in [5.41, 5.74) is -0.312. The Bertz CT molecular complexity index is 547. The average molecular weight is 336 g/mol. The number of rotatable bonds is 3. The van der Waals surface area contributed by atoms with Crippen LogP contribution in [0.5, 0.6) is 0 Å². The first-order valence-corrected chi connectivity index (χ1v) is 6.74. The van der Waals surface area contributed by atoms with E-state index in [2.05, 4.69) is 21.2 Å². The normalized spacial score (nSPS) is 12.5. The van der Waals surface area contributed by atoms with E-state index in [0.29, 0.717) is 12.1 Å². The second-order valence-electron chi connectivity index (χ2n) is 3.75. The zero-order chi connectivity index (χ0) is 13.3. The quantitative estimate of drug-likeness (QED) is 0.822. The number of nitrogens with one attached hydrogen (secondary N) is 1. The van der Waals surface area contributed by atoms with E-state index in [-0.39, 0.29) is 11.7 Å². The van der Waals surface area contributed by atoms with Crippen molar-refractivity contribution < 1.29 is 13.2 Å². The fraction of sp³-hybridized carbons (Fsp3) is 0.167. The van der Waals surface area contributed by atoms with Crippen molar-refractivity contribution in [3.8, 4) is 0 Å². The van der Waals surface area contributed by atoms with E-state index in [1.165, 1.54) is 11.3 Å². The topological polar surface area (TPSA) is 12.0 Å². The van der Waals surface area contributed by atoms with Crippen LogP contribution in [0, 0.1) is 17.5 Å². The maximum absolute atomic E-state index is 13.4. The van der Waals surface area contributed by atoms with E-state index in [1.54, 1.807) is 6.92 Å². The number of hydrogen-bond donors (Lipinski definition) is 1. The molecule has 0 aliphatic heterocycles. The van der Waals surface area contributed by atoms with Crippen LogP contribution in [0.3, 0.4) is 0 Å². The lowest BCUT2D eigenvalue weighted by Gasteiger charge is -2.15. The van der Waals surface area contributed by atoms with E-state index in [1.807, 2.05) is 12.1 Å². The Morgan fingerprint density at radius 1 is 1.17 bits per heavy atom. The molecule has 2 rings (SSSR count). The molecule has 0 saturated heterocycles. The van der Waals surface area contributed by atoms with Crippen LogP contribution in [0.15, 0.2) is 28.1 Å². The summed E-state index contributed by atoms with van der Waals surface area (Å²) in [6.07, 6.45) is 0. The van der Waals surface area contributed by atoms with Gasteiger partial charge < -0.3 is 5.32 Å². The Balaban J connectivity index is 2.24. The van der Waals surface area contributed by atoms with Gasteiger partial charge in [-0.1, -0.05) is 0 Å². The van der Waals surface area contributed by atoms with Crippen LogP contribution in [-0.2, 0) is 0 Å². The monoisotopic (exact) mass is 335 g/mol. The van der Waals surface area contributed by atoms with Gasteiger partial charge in [-0.3, -0.25) is 0 Å². The number of anilines is 1. The van der Waals surface area contributed by atoms with Gasteiger partial charge in [0.1, 0.15) is 11.5 Å². The van der Waals surface area contributed by atoms with Gasteiger partial charge in [0.15, 0.2) is 11.6 Å². The van der Waals surface area contributed by atoms with Crippen LogP contribution in [0.25, 0.3) is 0 Å². The Labute approximate surface area is 115 Å². The molecule has 0 radical (unpaired) electrons. The smallest absolute Gasteiger partial charge is 0.152 e. The summed E-state index contributed by atoms with van der Waals surface area (Å²) < 4.78 is 40.6. The molecular formula is C12H9BrF3NS. The number of thiophene rings is 1. The Kier molecular flexibility index (Phi) is 3.97. The van der Waals surface area contributed by atoms with Crippen LogP contribution in [0.1, 0.15) is 17.8 Å². The summed E-state index contributed by atoms with van der Waals surface area (Å²) in [7, 11) is 0. The van der Waals surface area contributed by atoms with Gasteiger partial charge in [0.05, 0.1) is 9.83 Å². The summed E-state index contributed by atoms with van der Waals surface area (Å²) in [6.45, 7) is 1.78. The average Bonchev–Trinajstić information content (AvgIpc) is 2.70. The number of hydrogen-bond acceptors (Lipinski definition) is 2. The van der Waals surface area contributed by atoms with Crippen molar-refractivity contribution in [2.24, 2.45) is 0 Å². The molecule has 0 aliphatic rings. The molecule has 0 bridgehead atoms. The largest absolute Gasteiger partial charge is 0.373 e. The van der Waals surface area contributed by atoms with Crippen molar-refractivity contribution in [3.63, 3.8) is 0 Å². The third-order valence-electron chi connectivity index (χ3n) is 2.39. The lowest BCUT2D eigenvalue weighted by atomic mass is 10.2. The van der Waals surface area contributed by atoms with Crippen molar-refractivity contribution in [2.45, 2.75) is 13.0 Å². The molecule has 1 nitrogen and oxygen atoms in total. The molecule has 1 aromatic carbocycles. The van der Waals surface area contributed by atoms with Gasteiger partial charge in [0, 0.05) is 17.0 Å². The van der Waals surface area contributed by atoms with Crippen molar-refractivity contribution in [1.82, 2.24) is 0 Å². The highest BCUT2D eigenvalue weighted by atomic mass is 79.9. The molecule has 6 heteroatoms. The molecule has 96 valence electrons. The van der Waals surface area contributed by atoms with Crippen LogP contribution < -0.4 is 5.32 Å². The molecule has 0 saturated carbocycles.